The van der Waals surface area contributed by atoms with Gasteiger partial charge in [-0.25, -0.2) is 4.98 Å². The molecule has 4 N–H and O–H groups in total. The summed E-state index contributed by atoms with van der Waals surface area (Å²) in [5, 5.41) is 12.8. The van der Waals surface area contributed by atoms with E-state index in [1.54, 1.807) is 12.1 Å². The number of hydrogen-bond donors (Lipinski definition) is 3. The largest absolute Gasteiger partial charge is 0.391 e. The van der Waals surface area contributed by atoms with Crippen LogP contribution in [0.15, 0.2) is 18.3 Å². The third-order valence-electron chi connectivity index (χ3n) is 3.34. The van der Waals surface area contributed by atoms with Gasteiger partial charge in [0.15, 0.2) is 0 Å². The van der Waals surface area contributed by atoms with Gasteiger partial charge in [-0.1, -0.05) is 19.3 Å². The van der Waals surface area contributed by atoms with E-state index in [1.807, 2.05) is 0 Å². The van der Waals surface area contributed by atoms with Crippen molar-refractivity contribution in [2.45, 2.75) is 44.2 Å². The van der Waals surface area contributed by atoms with Gasteiger partial charge < -0.3 is 16.2 Å². The minimum atomic E-state index is -0.446. The van der Waals surface area contributed by atoms with E-state index in [0.717, 1.165) is 32.1 Å². The van der Waals surface area contributed by atoms with E-state index in [9.17, 15) is 9.90 Å². The zero-order valence-corrected chi connectivity index (χ0v) is 10.3. The van der Waals surface area contributed by atoms with Gasteiger partial charge in [0.2, 0.25) is 0 Å². The molecule has 1 aromatic rings. The number of carbonyl (C=O) groups excluding carboxylic acids is 1. The van der Waals surface area contributed by atoms with Crippen LogP contribution in [0.4, 0.5) is 5.82 Å². The molecule has 1 saturated carbocycles. The molecule has 0 spiro atoms. The first kappa shape index (κ1) is 12.8. The Labute approximate surface area is 106 Å². The van der Waals surface area contributed by atoms with Gasteiger partial charge in [0.25, 0.3) is 5.91 Å². The fourth-order valence-electron chi connectivity index (χ4n) is 2.25. The number of nitrogen functional groups attached to an aromatic ring is 1. The van der Waals surface area contributed by atoms with E-state index in [2.05, 4.69) is 10.3 Å². The van der Waals surface area contributed by atoms with Crippen LogP contribution in [0.3, 0.4) is 0 Å². The number of aliphatic hydroxyl groups excluding tert-OH is 1. The molecular weight excluding hydrogens is 230 g/mol. The highest BCUT2D eigenvalue weighted by Crippen LogP contribution is 2.18. The van der Waals surface area contributed by atoms with Crippen LogP contribution in [0.2, 0.25) is 0 Å². The Hall–Kier alpha value is -1.62. The molecule has 1 amide bonds. The quantitative estimate of drug-likeness (QED) is 0.684. The number of amides is 1. The lowest BCUT2D eigenvalue weighted by Gasteiger charge is -2.21. The van der Waals surface area contributed by atoms with Gasteiger partial charge in [0.1, 0.15) is 5.82 Å². The first-order valence-corrected chi connectivity index (χ1v) is 6.37. The lowest BCUT2D eigenvalue weighted by Crippen LogP contribution is -2.42. The van der Waals surface area contributed by atoms with E-state index in [4.69, 9.17) is 5.73 Å². The average molecular weight is 249 g/mol. The third kappa shape index (κ3) is 3.20. The molecule has 0 radical (unpaired) electrons. The van der Waals surface area contributed by atoms with Crippen molar-refractivity contribution in [2.75, 3.05) is 5.73 Å². The number of aromatic nitrogens is 1. The summed E-state index contributed by atoms with van der Waals surface area (Å²) in [6.45, 7) is 0. The lowest BCUT2D eigenvalue weighted by atomic mass is 10.1. The second-order valence-electron chi connectivity index (χ2n) is 4.76. The number of nitrogens with two attached hydrogens (primary N) is 1. The number of rotatable bonds is 2. The van der Waals surface area contributed by atoms with Crippen LogP contribution in [0.5, 0.6) is 0 Å². The van der Waals surface area contributed by atoms with Gasteiger partial charge in [-0.05, 0) is 25.0 Å². The zero-order valence-electron chi connectivity index (χ0n) is 10.3. The SMILES string of the molecule is Nc1ccc(C(=O)NC2CCCCCC2O)cn1. The van der Waals surface area contributed by atoms with Gasteiger partial charge in [0.05, 0.1) is 17.7 Å². The Bertz CT molecular complexity index is 405. The highest BCUT2D eigenvalue weighted by Gasteiger charge is 2.23. The molecule has 1 aromatic heterocycles. The fourth-order valence-corrected chi connectivity index (χ4v) is 2.25. The van der Waals surface area contributed by atoms with Crippen LogP contribution in [0.1, 0.15) is 42.5 Å². The molecule has 0 aromatic carbocycles. The molecular formula is C13H19N3O2. The Morgan fingerprint density at radius 3 is 2.83 bits per heavy atom. The molecule has 1 aliphatic carbocycles. The van der Waals surface area contributed by atoms with Crippen LogP contribution in [0.25, 0.3) is 0 Å². The summed E-state index contributed by atoms with van der Waals surface area (Å²) < 4.78 is 0. The van der Waals surface area contributed by atoms with Crippen LogP contribution in [0, 0.1) is 0 Å². The molecule has 1 aliphatic rings. The second-order valence-corrected chi connectivity index (χ2v) is 4.76. The van der Waals surface area contributed by atoms with E-state index in [0.29, 0.717) is 11.4 Å². The predicted octanol–water partition coefficient (Wildman–Crippen LogP) is 1.09. The van der Waals surface area contributed by atoms with Gasteiger partial charge >= 0.3 is 0 Å². The van der Waals surface area contributed by atoms with E-state index in [-0.39, 0.29) is 11.9 Å². The maximum atomic E-state index is 12.0. The summed E-state index contributed by atoms with van der Waals surface area (Å²) in [4.78, 5) is 15.9. The molecule has 0 saturated heterocycles. The second kappa shape index (κ2) is 5.82. The van der Waals surface area contributed by atoms with Crippen molar-refractivity contribution in [3.05, 3.63) is 23.9 Å². The van der Waals surface area contributed by atoms with Crippen molar-refractivity contribution < 1.29 is 9.90 Å². The number of nitrogens with zero attached hydrogens (tertiary/aromatic N) is 1. The van der Waals surface area contributed by atoms with Crippen LogP contribution >= 0.6 is 0 Å². The average Bonchev–Trinajstić information content (AvgIpc) is 2.56. The molecule has 2 atom stereocenters. The summed E-state index contributed by atoms with van der Waals surface area (Å²) >= 11 is 0. The van der Waals surface area contributed by atoms with Gasteiger partial charge in [-0.3, -0.25) is 4.79 Å². The maximum absolute atomic E-state index is 12.0. The van der Waals surface area contributed by atoms with Crippen molar-refractivity contribution in [3.63, 3.8) is 0 Å². The van der Waals surface area contributed by atoms with E-state index < -0.39 is 6.10 Å². The summed E-state index contributed by atoms with van der Waals surface area (Å²) in [5.41, 5.74) is 5.94. The van der Waals surface area contributed by atoms with Crippen molar-refractivity contribution in [1.29, 1.82) is 0 Å². The molecule has 98 valence electrons. The summed E-state index contributed by atoms with van der Waals surface area (Å²) in [6.07, 6.45) is 5.78. The first-order valence-electron chi connectivity index (χ1n) is 6.37. The Morgan fingerprint density at radius 2 is 2.11 bits per heavy atom. The number of anilines is 1. The van der Waals surface area contributed by atoms with Gasteiger partial charge in [-0.15, -0.1) is 0 Å². The molecule has 1 fully saturated rings. The topological polar surface area (TPSA) is 88.2 Å². The molecule has 1 heterocycles. The molecule has 2 unspecified atom stereocenters. The molecule has 5 nitrogen and oxygen atoms in total. The standard InChI is InChI=1S/C13H19N3O2/c14-12-7-6-9(8-15-12)13(18)16-10-4-2-1-3-5-11(10)17/h6-8,10-11,17H,1-5H2,(H2,14,15)(H,16,18). The summed E-state index contributed by atoms with van der Waals surface area (Å²) in [6, 6.07) is 3.08. The van der Waals surface area contributed by atoms with Crippen LogP contribution in [-0.2, 0) is 0 Å². The van der Waals surface area contributed by atoms with Crippen molar-refractivity contribution in [1.82, 2.24) is 10.3 Å². The number of nitrogens with one attached hydrogen (secondary N) is 1. The minimum absolute atomic E-state index is 0.155. The maximum Gasteiger partial charge on any atom is 0.253 e. The van der Waals surface area contributed by atoms with Gasteiger partial charge in [-0.2, -0.15) is 0 Å². The highest BCUT2D eigenvalue weighted by atomic mass is 16.3. The first-order chi connectivity index (χ1) is 8.66. The Kier molecular flexibility index (Phi) is 4.15. The monoisotopic (exact) mass is 249 g/mol. The zero-order chi connectivity index (χ0) is 13.0. The normalized spacial score (nSPS) is 24.3. The van der Waals surface area contributed by atoms with E-state index >= 15 is 0 Å². The van der Waals surface area contributed by atoms with Crippen LogP contribution < -0.4 is 11.1 Å². The Balaban J connectivity index is 1.99. The van der Waals surface area contributed by atoms with Gasteiger partial charge in [0, 0.05) is 6.20 Å². The molecule has 2 rings (SSSR count). The minimum Gasteiger partial charge on any atom is -0.391 e. The molecule has 0 bridgehead atoms. The summed E-state index contributed by atoms with van der Waals surface area (Å²) in [7, 11) is 0. The molecule has 0 aliphatic heterocycles. The summed E-state index contributed by atoms with van der Waals surface area (Å²) in [5.74, 6) is 0.189. The van der Waals surface area contributed by atoms with Crippen molar-refractivity contribution in [3.8, 4) is 0 Å². The van der Waals surface area contributed by atoms with Crippen LogP contribution in [-0.4, -0.2) is 28.1 Å². The number of hydrogen-bond acceptors (Lipinski definition) is 4. The predicted molar refractivity (Wildman–Crippen MR) is 69.0 cm³/mol. The lowest BCUT2D eigenvalue weighted by molar-refractivity contribution is 0.0818. The number of carbonyl (C=O) groups is 1. The third-order valence-corrected chi connectivity index (χ3v) is 3.34. The fraction of sp³-hybridized carbons (Fsp3) is 0.538. The number of aliphatic hydroxyl groups is 1. The Morgan fingerprint density at radius 1 is 1.33 bits per heavy atom. The molecule has 5 heteroatoms. The number of pyridine rings is 1. The van der Waals surface area contributed by atoms with Crippen molar-refractivity contribution in [2.24, 2.45) is 0 Å². The van der Waals surface area contributed by atoms with E-state index in [1.165, 1.54) is 6.20 Å². The smallest absolute Gasteiger partial charge is 0.253 e. The molecule has 18 heavy (non-hydrogen) atoms. The van der Waals surface area contributed by atoms with Crippen molar-refractivity contribution >= 4 is 11.7 Å². The highest BCUT2D eigenvalue weighted by molar-refractivity contribution is 5.94.